The van der Waals surface area contributed by atoms with Crippen molar-refractivity contribution in [3.63, 3.8) is 0 Å². The zero-order valence-corrected chi connectivity index (χ0v) is 11.4. The van der Waals surface area contributed by atoms with Gasteiger partial charge in [0.1, 0.15) is 5.84 Å². The summed E-state index contributed by atoms with van der Waals surface area (Å²) in [6.07, 6.45) is 2.15. The van der Waals surface area contributed by atoms with E-state index in [0.29, 0.717) is 6.42 Å². The average Bonchev–Trinajstić information content (AvgIpc) is 2.47. The van der Waals surface area contributed by atoms with Crippen molar-refractivity contribution in [2.24, 2.45) is 5.73 Å². The Morgan fingerprint density at radius 2 is 2.24 bits per heavy atom. The fourth-order valence-corrected chi connectivity index (χ4v) is 1.79. The Hall–Kier alpha value is -2.96. The van der Waals surface area contributed by atoms with Gasteiger partial charge in [-0.1, -0.05) is 13.0 Å². The van der Waals surface area contributed by atoms with Crippen molar-refractivity contribution < 1.29 is 9.66 Å². The standard InChI is InChI=1S/C14H14N4O3/c1-2-9-5-6-12(11(8-9)18(19)20)21-14-10(13(15)16)4-3-7-17-14/h3-8H,2H2,1H3,(H3,15,16). The van der Waals surface area contributed by atoms with E-state index in [1.54, 1.807) is 18.2 Å². The van der Waals surface area contributed by atoms with Gasteiger partial charge in [-0.25, -0.2) is 4.98 Å². The molecular weight excluding hydrogens is 272 g/mol. The highest BCUT2D eigenvalue weighted by atomic mass is 16.6. The van der Waals surface area contributed by atoms with Crippen LogP contribution in [0.25, 0.3) is 0 Å². The van der Waals surface area contributed by atoms with Gasteiger partial charge in [-0.2, -0.15) is 0 Å². The maximum absolute atomic E-state index is 11.1. The largest absolute Gasteiger partial charge is 0.431 e. The van der Waals surface area contributed by atoms with Crippen LogP contribution in [-0.2, 0) is 6.42 Å². The van der Waals surface area contributed by atoms with E-state index >= 15 is 0 Å². The van der Waals surface area contributed by atoms with Gasteiger partial charge in [-0.05, 0) is 30.2 Å². The van der Waals surface area contributed by atoms with Gasteiger partial charge in [0, 0.05) is 12.3 Å². The number of hydrogen-bond donors (Lipinski definition) is 2. The lowest BCUT2D eigenvalue weighted by Gasteiger charge is -2.09. The Morgan fingerprint density at radius 3 is 2.86 bits per heavy atom. The Bertz CT molecular complexity index is 700. The van der Waals surface area contributed by atoms with Gasteiger partial charge in [0.25, 0.3) is 0 Å². The first-order valence-electron chi connectivity index (χ1n) is 6.27. The number of nitrogens with one attached hydrogen (secondary N) is 1. The smallest absolute Gasteiger partial charge is 0.311 e. The molecule has 0 fully saturated rings. The van der Waals surface area contributed by atoms with Crippen molar-refractivity contribution in [3.8, 4) is 11.6 Å². The summed E-state index contributed by atoms with van der Waals surface area (Å²) in [5, 5.41) is 18.6. The molecule has 2 aromatic rings. The number of benzene rings is 1. The molecule has 0 bridgehead atoms. The zero-order chi connectivity index (χ0) is 15.4. The summed E-state index contributed by atoms with van der Waals surface area (Å²) in [6, 6.07) is 7.91. The van der Waals surface area contributed by atoms with Gasteiger partial charge in [0.2, 0.25) is 11.6 Å². The Morgan fingerprint density at radius 1 is 1.48 bits per heavy atom. The number of aromatic nitrogens is 1. The first-order chi connectivity index (χ1) is 10.0. The predicted molar refractivity (Wildman–Crippen MR) is 77.8 cm³/mol. The van der Waals surface area contributed by atoms with E-state index in [-0.39, 0.29) is 28.7 Å². The number of nitro groups is 1. The van der Waals surface area contributed by atoms with Crippen LogP contribution in [0, 0.1) is 15.5 Å². The number of amidine groups is 1. The van der Waals surface area contributed by atoms with Crippen LogP contribution in [0.4, 0.5) is 5.69 Å². The molecule has 7 nitrogen and oxygen atoms in total. The molecule has 7 heteroatoms. The van der Waals surface area contributed by atoms with Crippen LogP contribution in [0.15, 0.2) is 36.5 Å². The molecular formula is C14H14N4O3. The molecule has 21 heavy (non-hydrogen) atoms. The Kier molecular flexibility index (Phi) is 4.13. The third kappa shape index (κ3) is 3.14. The molecule has 1 aromatic heterocycles. The molecule has 0 saturated carbocycles. The zero-order valence-electron chi connectivity index (χ0n) is 11.4. The number of nitrogen functional groups attached to an aromatic ring is 1. The number of aryl methyl sites for hydroxylation is 1. The van der Waals surface area contributed by atoms with Gasteiger partial charge in [0.15, 0.2) is 0 Å². The first-order valence-corrected chi connectivity index (χ1v) is 6.27. The van der Waals surface area contributed by atoms with Crippen LogP contribution in [0.1, 0.15) is 18.1 Å². The van der Waals surface area contributed by atoms with E-state index in [9.17, 15) is 10.1 Å². The number of pyridine rings is 1. The summed E-state index contributed by atoms with van der Waals surface area (Å²) in [6.45, 7) is 1.91. The molecule has 0 radical (unpaired) electrons. The van der Waals surface area contributed by atoms with Crippen molar-refractivity contribution in [2.75, 3.05) is 0 Å². The summed E-state index contributed by atoms with van der Waals surface area (Å²) in [4.78, 5) is 14.6. The highest BCUT2D eigenvalue weighted by molar-refractivity contribution is 5.97. The fourth-order valence-electron chi connectivity index (χ4n) is 1.79. The molecule has 1 aromatic carbocycles. The number of nitrogens with two attached hydrogens (primary N) is 1. The summed E-state index contributed by atoms with van der Waals surface area (Å²) in [5.74, 6) is -0.0818. The molecule has 108 valence electrons. The average molecular weight is 286 g/mol. The van der Waals surface area contributed by atoms with Crippen LogP contribution in [0.2, 0.25) is 0 Å². The van der Waals surface area contributed by atoms with Crippen LogP contribution >= 0.6 is 0 Å². The number of nitro benzene ring substituents is 1. The van der Waals surface area contributed by atoms with Crippen molar-refractivity contribution in [3.05, 3.63) is 57.8 Å². The van der Waals surface area contributed by atoms with E-state index in [2.05, 4.69) is 4.98 Å². The molecule has 0 aliphatic carbocycles. The number of hydrogen-bond acceptors (Lipinski definition) is 5. The fraction of sp³-hybridized carbons (Fsp3) is 0.143. The van der Waals surface area contributed by atoms with Crippen molar-refractivity contribution in [1.29, 1.82) is 5.41 Å². The Balaban J connectivity index is 2.45. The highest BCUT2D eigenvalue weighted by Crippen LogP contribution is 2.32. The van der Waals surface area contributed by atoms with E-state index in [4.69, 9.17) is 15.9 Å². The summed E-state index contributed by atoms with van der Waals surface area (Å²) in [7, 11) is 0. The van der Waals surface area contributed by atoms with Crippen LogP contribution in [-0.4, -0.2) is 15.7 Å². The third-order valence-electron chi connectivity index (χ3n) is 2.90. The molecule has 2 rings (SSSR count). The van der Waals surface area contributed by atoms with E-state index in [1.165, 1.54) is 18.3 Å². The van der Waals surface area contributed by atoms with Gasteiger partial charge in [0.05, 0.1) is 10.5 Å². The van der Waals surface area contributed by atoms with Crippen LogP contribution in [0.3, 0.4) is 0 Å². The van der Waals surface area contributed by atoms with E-state index in [1.807, 2.05) is 6.92 Å². The highest BCUT2D eigenvalue weighted by Gasteiger charge is 2.18. The van der Waals surface area contributed by atoms with Crippen LogP contribution in [0.5, 0.6) is 11.6 Å². The van der Waals surface area contributed by atoms with Crippen molar-refractivity contribution in [1.82, 2.24) is 4.98 Å². The maximum Gasteiger partial charge on any atom is 0.311 e. The molecule has 3 N–H and O–H groups in total. The maximum atomic E-state index is 11.1. The molecule has 0 aliphatic heterocycles. The molecule has 0 atom stereocenters. The lowest BCUT2D eigenvalue weighted by molar-refractivity contribution is -0.385. The second-order valence-corrected chi connectivity index (χ2v) is 4.28. The van der Waals surface area contributed by atoms with Gasteiger partial charge in [-0.3, -0.25) is 15.5 Å². The van der Waals surface area contributed by atoms with Crippen molar-refractivity contribution >= 4 is 11.5 Å². The SMILES string of the molecule is CCc1ccc(Oc2ncccc2C(=N)N)c([N+](=O)[O-])c1. The molecule has 0 spiro atoms. The molecule has 0 aliphatic rings. The quantitative estimate of drug-likeness (QED) is 0.379. The molecule has 1 heterocycles. The number of ether oxygens (including phenoxy) is 1. The summed E-state index contributed by atoms with van der Waals surface area (Å²) < 4.78 is 5.49. The normalized spacial score (nSPS) is 10.1. The monoisotopic (exact) mass is 286 g/mol. The van der Waals surface area contributed by atoms with Crippen LogP contribution < -0.4 is 10.5 Å². The lowest BCUT2D eigenvalue weighted by Crippen LogP contribution is -2.13. The summed E-state index contributed by atoms with van der Waals surface area (Å²) in [5.41, 5.74) is 6.42. The minimum Gasteiger partial charge on any atom is -0.431 e. The number of rotatable bonds is 5. The molecule has 0 unspecified atom stereocenters. The minimum atomic E-state index is -0.509. The number of nitrogens with zero attached hydrogens (tertiary/aromatic N) is 2. The second kappa shape index (κ2) is 6.00. The van der Waals surface area contributed by atoms with Gasteiger partial charge in [-0.15, -0.1) is 0 Å². The Labute approximate surface area is 121 Å². The lowest BCUT2D eigenvalue weighted by atomic mass is 10.1. The molecule has 0 amide bonds. The van der Waals surface area contributed by atoms with Crippen molar-refractivity contribution in [2.45, 2.75) is 13.3 Å². The topological polar surface area (TPSA) is 115 Å². The second-order valence-electron chi connectivity index (χ2n) is 4.28. The van der Waals surface area contributed by atoms with E-state index in [0.717, 1.165) is 5.56 Å². The van der Waals surface area contributed by atoms with Gasteiger partial charge >= 0.3 is 5.69 Å². The molecule has 0 saturated heterocycles. The van der Waals surface area contributed by atoms with E-state index < -0.39 is 4.92 Å². The van der Waals surface area contributed by atoms with Gasteiger partial charge < -0.3 is 10.5 Å². The summed E-state index contributed by atoms with van der Waals surface area (Å²) >= 11 is 0. The predicted octanol–water partition coefficient (Wildman–Crippen LogP) is 2.63. The minimum absolute atomic E-state index is 0.0670. The third-order valence-corrected chi connectivity index (χ3v) is 2.90. The first kappa shape index (κ1) is 14.4.